The van der Waals surface area contributed by atoms with Crippen molar-refractivity contribution < 1.29 is 29.6 Å². The minimum atomic E-state index is -1.26. The van der Waals surface area contributed by atoms with Gasteiger partial charge in [0.15, 0.2) is 6.23 Å². The van der Waals surface area contributed by atoms with E-state index in [2.05, 4.69) is 29.0 Å². The van der Waals surface area contributed by atoms with Crippen LogP contribution in [0.4, 0.5) is 0 Å². The first-order valence-electron chi connectivity index (χ1n) is 11.2. The summed E-state index contributed by atoms with van der Waals surface area (Å²) >= 11 is 0. The molecule has 0 amide bonds. The highest BCUT2D eigenvalue weighted by atomic mass is 16.5. The molecule has 35 heavy (non-hydrogen) atoms. The minimum Gasteiger partial charge on any atom is -0.478 e. The number of ether oxygens (including phenoxy) is 1. The maximum absolute atomic E-state index is 10.9. The average Bonchev–Trinajstić information content (AvgIpc) is 2.80. The molecule has 0 saturated heterocycles. The van der Waals surface area contributed by atoms with Gasteiger partial charge in [-0.05, 0) is 44.4 Å². The molecule has 1 atom stereocenters. The van der Waals surface area contributed by atoms with Gasteiger partial charge in [0, 0.05) is 42.5 Å². The van der Waals surface area contributed by atoms with E-state index in [0.29, 0.717) is 12.2 Å². The topological polar surface area (TPSA) is 131 Å². The van der Waals surface area contributed by atoms with Gasteiger partial charge >= 0.3 is 11.9 Å². The molecular formula is C26H31N3O6. The van der Waals surface area contributed by atoms with Crippen molar-refractivity contribution in [3.63, 3.8) is 0 Å². The summed E-state index contributed by atoms with van der Waals surface area (Å²) in [7, 11) is 0. The van der Waals surface area contributed by atoms with Crippen LogP contribution in [-0.2, 0) is 20.7 Å². The third-order valence-electron chi connectivity index (χ3n) is 5.56. The largest absolute Gasteiger partial charge is 0.478 e. The quantitative estimate of drug-likeness (QED) is 0.389. The Morgan fingerprint density at radius 1 is 1.17 bits per heavy atom. The highest BCUT2D eigenvalue weighted by molar-refractivity contribution is 5.89. The van der Waals surface area contributed by atoms with Crippen LogP contribution in [0.5, 0.6) is 0 Å². The number of aliphatic hydroxyl groups is 1. The van der Waals surface area contributed by atoms with Crippen LogP contribution in [0, 0.1) is 0 Å². The van der Waals surface area contributed by atoms with Crippen LogP contribution in [0.2, 0.25) is 0 Å². The zero-order valence-corrected chi connectivity index (χ0v) is 20.0. The van der Waals surface area contributed by atoms with Crippen LogP contribution in [-0.4, -0.2) is 50.6 Å². The molecule has 9 nitrogen and oxygen atoms in total. The van der Waals surface area contributed by atoms with Crippen LogP contribution in [0.3, 0.4) is 0 Å². The van der Waals surface area contributed by atoms with Gasteiger partial charge in [-0.2, -0.15) is 0 Å². The van der Waals surface area contributed by atoms with Gasteiger partial charge in [0.1, 0.15) is 5.76 Å². The lowest BCUT2D eigenvalue weighted by atomic mass is 9.91. The third-order valence-corrected chi connectivity index (χ3v) is 5.56. The minimum absolute atomic E-state index is 0.467. The normalized spacial score (nSPS) is 20.2. The van der Waals surface area contributed by atoms with Gasteiger partial charge in [-0.3, -0.25) is 5.01 Å². The number of nitrogens with zero attached hydrogens (tertiary/aromatic N) is 1. The standard InChI is InChI=1S/C22H27N3O2.C4H4O4/c1-15-11-17-12-18-19(13-20(17)27-14-15)25(21(26)22(2,3)24-18)23-10-9-16-7-5-4-6-8-16;5-3(6)1-2-4(7)8/h4-8,11,13-14,21,23-24,26H,9-10,12H2,1-3H3;1-2H,(H,5,6)(H,7,8)/b;2-1-. The number of allylic oxidation sites excluding steroid dienone is 5. The second-order valence-corrected chi connectivity index (χ2v) is 8.94. The van der Waals surface area contributed by atoms with Gasteiger partial charge in [-0.15, -0.1) is 0 Å². The van der Waals surface area contributed by atoms with Gasteiger partial charge in [0.2, 0.25) is 0 Å². The summed E-state index contributed by atoms with van der Waals surface area (Å²) in [6.07, 6.45) is 8.01. The number of carbonyl (C=O) groups is 2. The Hall–Kier alpha value is -3.82. The molecule has 1 aromatic carbocycles. The van der Waals surface area contributed by atoms with E-state index in [0.717, 1.165) is 47.7 Å². The first-order chi connectivity index (χ1) is 16.6. The average molecular weight is 482 g/mol. The summed E-state index contributed by atoms with van der Waals surface area (Å²) in [4.78, 5) is 19.1. The third kappa shape index (κ3) is 6.84. The lowest BCUT2D eigenvalue weighted by molar-refractivity contribution is -0.134. The molecule has 5 N–H and O–H groups in total. The van der Waals surface area contributed by atoms with E-state index in [1.165, 1.54) is 5.56 Å². The Balaban J connectivity index is 0.000000371. The van der Waals surface area contributed by atoms with Crippen molar-refractivity contribution in [3.8, 4) is 0 Å². The second kappa shape index (κ2) is 11.1. The fourth-order valence-electron chi connectivity index (χ4n) is 3.88. The number of aliphatic hydroxyl groups excluding tert-OH is 1. The van der Waals surface area contributed by atoms with Crippen LogP contribution < -0.4 is 10.7 Å². The molecule has 2 aliphatic heterocycles. The number of carboxylic acid groups (broad SMARTS) is 2. The molecule has 9 heteroatoms. The molecule has 1 aliphatic carbocycles. The van der Waals surface area contributed by atoms with Gasteiger partial charge in [-0.25, -0.2) is 15.0 Å². The lowest BCUT2D eigenvalue weighted by Crippen LogP contribution is -2.64. The van der Waals surface area contributed by atoms with E-state index >= 15 is 0 Å². The number of fused-ring (bicyclic) bond motifs is 1. The Morgan fingerprint density at radius 3 is 2.46 bits per heavy atom. The van der Waals surface area contributed by atoms with Gasteiger partial charge in [-0.1, -0.05) is 30.3 Å². The summed E-state index contributed by atoms with van der Waals surface area (Å²) in [5.41, 5.74) is 8.55. The van der Waals surface area contributed by atoms with Crippen molar-refractivity contribution in [3.05, 3.63) is 94.8 Å². The van der Waals surface area contributed by atoms with Crippen molar-refractivity contribution in [2.45, 2.75) is 45.4 Å². The lowest BCUT2D eigenvalue weighted by Gasteiger charge is -2.48. The predicted molar refractivity (Wildman–Crippen MR) is 130 cm³/mol. The zero-order valence-electron chi connectivity index (χ0n) is 20.0. The van der Waals surface area contributed by atoms with Crippen LogP contribution in [0.25, 0.3) is 0 Å². The Kier molecular flexibility index (Phi) is 8.16. The molecule has 4 rings (SSSR count). The number of rotatable bonds is 6. The van der Waals surface area contributed by atoms with Gasteiger partial charge in [0.25, 0.3) is 0 Å². The summed E-state index contributed by atoms with van der Waals surface area (Å²) < 4.78 is 5.79. The van der Waals surface area contributed by atoms with Crippen molar-refractivity contribution in [2.24, 2.45) is 0 Å². The molecule has 0 radical (unpaired) electrons. The molecule has 3 aliphatic rings. The molecule has 0 aromatic heterocycles. The SMILES string of the molecule is CC1=COC2=CC3=C(CC2=C1)NC(C)(C)C(O)N3NCCc1ccccc1.O=C(O)/C=C\C(=O)O. The molecule has 0 saturated carbocycles. The molecular weight excluding hydrogens is 450 g/mol. The first-order valence-corrected chi connectivity index (χ1v) is 11.2. The highest BCUT2D eigenvalue weighted by Gasteiger charge is 2.41. The molecule has 0 bridgehead atoms. The number of hydrazine groups is 1. The summed E-state index contributed by atoms with van der Waals surface area (Å²) in [5.74, 6) is -1.66. The fourth-order valence-corrected chi connectivity index (χ4v) is 3.88. The summed E-state index contributed by atoms with van der Waals surface area (Å²) in [5, 5.41) is 32.0. The monoisotopic (exact) mass is 481 g/mol. The maximum atomic E-state index is 10.9. The maximum Gasteiger partial charge on any atom is 0.328 e. The van der Waals surface area contributed by atoms with Gasteiger partial charge < -0.3 is 25.4 Å². The molecule has 186 valence electrons. The molecule has 2 heterocycles. The smallest absolute Gasteiger partial charge is 0.328 e. The Bertz CT molecular complexity index is 1100. The van der Waals surface area contributed by atoms with Crippen molar-refractivity contribution >= 4 is 11.9 Å². The zero-order chi connectivity index (χ0) is 25.6. The van der Waals surface area contributed by atoms with Crippen molar-refractivity contribution in [1.29, 1.82) is 0 Å². The van der Waals surface area contributed by atoms with E-state index in [1.807, 2.05) is 50.1 Å². The number of benzene rings is 1. The Morgan fingerprint density at radius 2 is 1.83 bits per heavy atom. The summed E-state index contributed by atoms with van der Waals surface area (Å²) in [6.45, 7) is 6.81. The summed E-state index contributed by atoms with van der Waals surface area (Å²) in [6, 6.07) is 10.4. The molecule has 0 spiro atoms. The van der Waals surface area contributed by atoms with E-state index in [1.54, 1.807) is 6.26 Å². The number of hydrogen-bond donors (Lipinski definition) is 5. The molecule has 1 aromatic rings. The van der Waals surface area contributed by atoms with Crippen molar-refractivity contribution in [2.75, 3.05) is 6.54 Å². The van der Waals surface area contributed by atoms with E-state index in [9.17, 15) is 14.7 Å². The van der Waals surface area contributed by atoms with Crippen molar-refractivity contribution in [1.82, 2.24) is 15.8 Å². The van der Waals surface area contributed by atoms with Crippen LogP contribution >= 0.6 is 0 Å². The number of hydrogen-bond acceptors (Lipinski definition) is 7. The van der Waals surface area contributed by atoms with Gasteiger partial charge in [0.05, 0.1) is 17.5 Å². The first kappa shape index (κ1) is 25.8. The Labute approximate surface area is 204 Å². The number of aliphatic carboxylic acids is 2. The second-order valence-electron chi connectivity index (χ2n) is 8.94. The van der Waals surface area contributed by atoms with Crippen LogP contribution in [0.1, 0.15) is 32.8 Å². The highest BCUT2D eigenvalue weighted by Crippen LogP contribution is 2.37. The number of nitrogens with one attached hydrogen (secondary N) is 2. The van der Waals surface area contributed by atoms with E-state index in [4.69, 9.17) is 14.9 Å². The predicted octanol–water partition coefficient (Wildman–Crippen LogP) is 2.81. The van der Waals surface area contributed by atoms with Crippen LogP contribution in [0.15, 0.2) is 89.2 Å². The van der Waals surface area contributed by atoms with E-state index < -0.39 is 23.7 Å². The number of carboxylic acids is 2. The fraction of sp³-hybridized carbons (Fsp3) is 0.308. The molecule has 0 fully saturated rings. The van der Waals surface area contributed by atoms with E-state index in [-0.39, 0.29) is 0 Å². The molecule has 1 unspecified atom stereocenters.